The number of rotatable bonds is 1. The van der Waals surface area contributed by atoms with Gasteiger partial charge < -0.3 is 9.80 Å². The van der Waals surface area contributed by atoms with Gasteiger partial charge in [-0.3, -0.25) is 4.79 Å². The lowest BCUT2D eigenvalue weighted by Crippen LogP contribution is -2.52. The third-order valence-electron chi connectivity index (χ3n) is 3.43. The van der Waals surface area contributed by atoms with Crippen LogP contribution >= 0.6 is 0 Å². The molecule has 1 aliphatic rings. The Morgan fingerprint density at radius 2 is 1.81 bits per heavy atom. The summed E-state index contributed by atoms with van der Waals surface area (Å²) in [6, 6.07) is 0. The van der Waals surface area contributed by atoms with Crippen molar-refractivity contribution in [3.05, 3.63) is 6.33 Å². The van der Waals surface area contributed by atoms with Gasteiger partial charge in [0.05, 0.1) is 0 Å². The van der Waals surface area contributed by atoms with E-state index in [1.165, 1.54) is 10.8 Å². The second kappa shape index (κ2) is 4.90. The lowest BCUT2D eigenvalue weighted by molar-refractivity contribution is -0.139. The molecule has 0 aromatic carbocycles. The summed E-state index contributed by atoms with van der Waals surface area (Å²) in [5.74, 6) is 1.08. The molecule has 2 aromatic rings. The Hall–Kier alpha value is -2.32. The molecule has 2 aromatic heterocycles. The number of fused-ring (bicyclic) bond motifs is 1. The van der Waals surface area contributed by atoms with Gasteiger partial charge in [-0.05, 0) is 0 Å². The van der Waals surface area contributed by atoms with Crippen LogP contribution in [0.25, 0.3) is 5.78 Å². The predicted molar refractivity (Wildman–Crippen MR) is 74.6 cm³/mol. The van der Waals surface area contributed by atoms with E-state index in [-0.39, 0.29) is 11.3 Å². The highest BCUT2D eigenvalue weighted by molar-refractivity contribution is 5.81. The van der Waals surface area contributed by atoms with Crippen LogP contribution in [-0.2, 0) is 4.79 Å². The minimum absolute atomic E-state index is 0.176. The first-order valence-electron chi connectivity index (χ1n) is 6.90. The van der Waals surface area contributed by atoms with E-state index < -0.39 is 0 Å². The van der Waals surface area contributed by atoms with E-state index in [0.29, 0.717) is 37.9 Å². The zero-order valence-corrected chi connectivity index (χ0v) is 12.4. The topological polar surface area (TPSA) is 92.4 Å². The Morgan fingerprint density at radius 3 is 2.48 bits per heavy atom. The number of hydrogen-bond acceptors (Lipinski definition) is 7. The summed E-state index contributed by atoms with van der Waals surface area (Å²) in [6.45, 7) is 8.53. The molecule has 0 unspecified atom stereocenters. The molecule has 0 aliphatic carbocycles. The van der Waals surface area contributed by atoms with E-state index in [1.54, 1.807) is 0 Å². The Bertz CT molecular complexity index is 653. The van der Waals surface area contributed by atoms with Crippen LogP contribution in [0.3, 0.4) is 0 Å². The van der Waals surface area contributed by atoms with Gasteiger partial charge in [-0.15, -0.1) is 25.5 Å². The first-order valence-corrected chi connectivity index (χ1v) is 6.90. The Labute approximate surface area is 122 Å². The highest BCUT2D eigenvalue weighted by atomic mass is 16.2. The number of hydrogen-bond donors (Lipinski definition) is 0. The van der Waals surface area contributed by atoms with Crippen molar-refractivity contribution in [3.8, 4) is 0 Å². The maximum Gasteiger partial charge on any atom is 0.290 e. The number of carbonyl (C=O) groups excluding carboxylic acids is 1. The van der Waals surface area contributed by atoms with Gasteiger partial charge in [-0.1, -0.05) is 20.8 Å². The molecular weight excluding hydrogens is 272 g/mol. The SMILES string of the molecule is CC(C)(C)C(=O)N1CCN(c2nnc3nncn3n2)CC1. The second-order valence-electron chi connectivity index (χ2n) is 6.10. The zero-order valence-electron chi connectivity index (χ0n) is 12.4. The molecule has 1 saturated heterocycles. The monoisotopic (exact) mass is 290 g/mol. The van der Waals surface area contributed by atoms with Gasteiger partial charge in [0.1, 0.15) is 6.33 Å². The van der Waals surface area contributed by atoms with Crippen molar-refractivity contribution in [2.45, 2.75) is 20.8 Å². The maximum atomic E-state index is 12.2. The van der Waals surface area contributed by atoms with Crippen molar-refractivity contribution >= 4 is 17.6 Å². The van der Waals surface area contributed by atoms with Gasteiger partial charge in [-0.25, -0.2) is 0 Å². The Kier molecular flexibility index (Phi) is 3.19. The standard InChI is InChI=1S/C12H18N8O/c1-12(2,3)9(21)18-4-6-19(7-5-18)11-16-15-10-14-13-8-20(10)17-11/h8H,4-7H2,1-3H3. The largest absolute Gasteiger partial charge is 0.339 e. The first-order chi connectivity index (χ1) is 9.95. The molecular formula is C12H18N8O. The molecule has 0 spiro atoms. The minimum Gasteiger partial charge on any atom is -0.339 e. The fourth-order valence-corrected chi connectivity index (χ4v) is 2.28. The summed E-state index contributed by atoms with van der Waals surface area (Å²) in [7, 11) is 0. The van der Waals surface area contributed by atoms with Gasteiger partial charge in [0, 0.05) is 31.6 Å². The van der Waals surface area contributed by atoms with Crippen LogP contribution < -0.4 is 4.90 Å². The van der Waals surface area contributed by atoms with Crippen molar-refractivity contribution in [2.75, 3.05) is 31.1 Å². The van der Waals surface area contributed by atoms with Crippen molar-refractivity contribution in [1.29, 1.82) is 0 Å². The zero-order chi connectivity index (χ0) is 15.0. The molecule has 0 radical (unpaired) electrons. The molecule has 0 atom stereocenters. The highest BCUT2D eigenvalue weighted by Gasteiger charge is 2.30. The molecule has 0 saturated carbocycles. The third kappa shape index (κ3) is 2.63. The second-order valence-corrected chi connectivity index (χ2v) is 6.10. The number of amides is 1. The summed E-state index contributed by atoms with van der Waals surface area (Å²) < 4.78 is 1.50. The third-order valence-corrected chi connectivity index (χ3v) is 3.43. The van der Waals surface area contributed by atoms with Crippen LogP contribution in [-0.4, -0.2) is 67.0 Å². The van der Waals surface area contributed by atoms with Crippen LogP contribution in [0.4, 0.5) is 5.95 Å². The highest BCUT2D eigenvalue weighted by Crippen LogP contribution is 2.19. The van der Waals surface area contributed by atoms with Crippen LogP contribution in [0.15, 0.2) is 6.33 Å². The molecule has 1 fully saturated rings. The van der Waals surface area contributed by atoms with Crippen molar-refractivity contribution in [1.82, 2.24) is 34.9 Å². The van der Waals surface area contributed by atoms with Gasteiger partial charge in [0.25, 0.3) is 11.7 Å². The molecule has 112 valence electrons. The number of nitrogens with zero attached hydrogens (tertiary/aromatic N) is 8. The van der Waals surface area contributed by atoms with Crippen LogP contribution in [0.1, 0.15) is 20.8 Å². The molecule has 1 aliphatic heterocycles. The van der Waals surface area contributed by atoms with E-state index in [1.807, 2.05) is 30.6 Å². The first kappa shape index (κ1) is 13.7. The van der Waals surface area contributed by atoms with Gasteiger partial charge >= 0.3 is 0 Å². The van der Waals surface area contributed by atoms with Gasteiger partial charge in [0.15, 0.2) is 0 Å². The summed E-state index contributed by atoms with van der Waals surface area (Å²) >= 11 is 0. The quantitative estimate of drug-likeness (QED) is 0.706. The Morgan fingerprint density at radius 1 is 1.10 bits per heavy atom. The molecule has 9 heteroatoms. The molecule has 21 heavy (non-hydrogen) atoms. The fraction of sp³-hybridized carbons (Fsp3) is 0.667. The fourth-order valence-electron chi connectivity index (χ4n) is 2.28. The van der Waals surface area contributed by atoms with Crippen LogP contribution in [0.2, 0.25) is 0 Å². The predicted octanol–water partition coefficient (Wildman–Crippen LogP) is -0.391. The van der Waals surface area contributed by atoms with Crippen molar-refractivity contribution in [2.24, 2.45) is 5.41 Å². The van der Waals surface area contributed by atoms with Crippen molar-refractivity contribution < 1.29 is 4.79 Å². The molecule has 3 heterocycles. The van der Waals surface area contributed by atoms with Crippen LogP contribution in [0.5, 0.6) is 0 Å². The number of piperazine rings is 1. The van der Waals surface area contributed by atoms with E-state index in [4.69, 9.17) is 0 Å². The lowest BCUT2D eigenvalue weighted by atomic mass is 9.94. The van der Waals surface area contributed by atoms with Gasteiger partial charge in [-0.2, -0.15) is 4.52 Å². The summed E-state index contributed by atoms with van der Waals surface area (Å²) in [5, 5.41) is 19.8. The maximum absolute atomic E-state index is 12.2. The average molecular weight is 290 g/mol. The van der Waals surface area contributed by atoms with E-state index in [9.17, 15) is 4.79 Å². The molecule has 9 nitrogen and oxygen atoms in total. The van der Waals surface area contributed by atoms with Crippen molar-refractivity contribution in [3.63, 3.8) is 0 Å². The van der Waals surface area contributed by atoms with E-state index in [2.05, 4.69) is 25.5 Å². The van der Waals surface area contributed by atoms with Gasteiger partial charge in [0.2, 0.25) is 5.91 Å². The normalized spacial score (nSPS) is 16.5. The summed E-state index contributed by atoms with van der Waals surface area (Å²) in [6.07, 6.45) is 1.49. The van der Waals surface area contributed by atoms with E-state index >= 15 is 0 Å². The van der Waals surface area contributed by atoms with E-state index in [0.717, 1.165) is 0 Å². The minimum atomic E-state index is -0.346. The molecule has 1 amide bonds. The smallest absolute Gasteiger partial charge is 0.290 e. The number of aromatic nitrogens is 6. The Balaban J connectivity index is 1.69. The number of anilines is 1. The molecule has 3 rings (SSSR count). The lowest BCUT2D eigenvalue weighted by Gasteiger charge is -2.37. The molecule has 0 N–H and O–H groups in total. The average Bonchev–Trinajstić information content (AvgIpc) is 2.93. The summed E-state index contributed by atoms with van der Waals surface area (Å²) in [4.78, 5) is 16.1. The van der Waals surface area contributed by atoms with Crippen LogP contribution in [0, 0.1) is 5.41 Å². The molecule has 0 bridgehead atoms. The number of carbonyl (C=O) groups is 1. The summed E-state index contributed by atoms with van der Waals surface area (Å²) in [5.41, 5.74) is -0.346.